The Kier molecular flexibility index (Phi) is 4.19. The van der Waals surface area contributed by atoms with Gasteiger partial charge in [-0.25, -0.2) is 0 Å². The predicted molar refractivity (Wildman–Crippen MR) is 67.6 cm³/mol. The molecule has 1 aliphatic rings. The van der Waals surface area contributed by atoms with Gasteiger partial charge in [-0.2, -0.15) is 5.10 Å². The molecule has 6 nitrogen and oxygen atoms in total. The van der Waals surface area contributed by atoms with Crippen LogP contribution >= 0.6 is 0 Å². The molecule has 0 saturated heterocycles. The van der Waals surface area contributed by atoms with E-state index in [9.17, 15) is 9.90 Å². The maximum absolute atomic E-state index is 11.7. The van der Waals surface area contributed by atoms with Crippen molar-refractivity contribution in [3.63, 3.8) is 0 Å². The van der Waals surface area contributed by atoms with Gasteiger partial charge in [0.05, 0.1) is 18.0 Å². The Hall–Kier alpha value is -1.56. The molecule has 0 aliphatic heterocycles. The van der Waals surface area contributed by atoms with Gasteiger partial charge in [0, 0.05) is 12.7 Å². The maximum atomic E-state index is 11.7. The fraction of sp³-hybridized carbons (Fsp3) is 0.667. The quantitative estimate of drug-likeness (QED) is 0.710. The van der Waals surface area contributed by atoms with Crippen LogP contribution in [0.2, 0.25) is 0 Å². The molecule has 0 atom stereocenters. The highest BCUT2D eigenvalue weighted by atomic mass is 16.3. The summed E-state index contributed by atoms with van der Waals surface area (Å²) in [5.41, 5.74) is 6.08. The van der Waals surface area contributed by atoms with Crippen LogP contribution in [-0.4, -0.2) is 33.4 Å². The number of hydrogen-bond donors (Lipinski definition) is 3. The topological polar surface area (TPSA) is 93.2 Å². The Morgan fingerprint density at radius 2 is 2.22 bits per heavy atom. The average Bonchev–Trinajstić information content (AvgIpc) is 2.74. The Balaban J connectivity index is 1.68. The van der Waals surface area contributed by atoms with Crippen molar-refractivity contribution < 1.29 is 9.90 Å². The second-order valence-electron chi connectivity index (χ2n) is 4.95. The predicted octanol–water partition coefficient (Wildman–Crippen LogP) is 0.133. The van der Waals surface area contributed by atoms with Crippen LogP contribution in [0.4, 0.5) is 5.69 Å². The number of hydrogen-bond acceptors (Lipinski definition) is 4. The van der Waals surface area contributed by atoms with Gasteiger partial charge in [-0.1, -0.05) is 0 Å². The van der Waals surface area contributed by atoms with Gasteiger partial charge in [0.25, 0.3) is 0 Å². The fourth-order valence-corrected chi connectivity index (χ4v) is 2.28. The third-order valence-corrected chi connectivity index (χ3v) is 3.36. The maximum Gasteiger partial charge on any atom is 0.241 e. The van der Waals surface area contributed by atoms with E-state index in [4.69, 9.17) is 5.73 Å². The van der Waals surface area contributed by atoms with Crippen molar-refractivity contribution in [3.05, 3.63) is 12.4 Å². The summed E-state index contributed by atoms with van der Waals surface area (Å²) in [4.78, 5) is 11.7. The molecule has 0 spiro atoms. The van der Waals surface area contributed by atoms with Gasteiger partial charge in [0.2, 0.25) is 5.91 Å². The van der Waals surface area contributed by atoms with E-state index >= 15 is 0 Å². The van der Waals surface area contributed by atoms with E-state index < -0.39 is 0 Å². The van der Waals surface area contributed by atoms with Crippen molar-refractivity contribution in [1.82, 2.24) is 15.1 Å². The number of anilines is 1. The highest BCUT2D eigenvalue weighted by molar-refractivity contribution is 5.75. The molecular weight excluding hydrogens is 232 g/mol. The van der Waals surface area contributed by atoms with Crippen LogP contribution in [0, 0.1) is 5.92 Å². The Morgan fingerprint density at radius 3 is 2.83 bits per heavy atom. The molecule has 0 bridgehead atoms. The monoisotopic (exact) mass is 252 g/mol. The van der Waals surface area contributed by atoms with Crippen molar-refractivity contribution in [2.75, 3.05) is 12.3 Å². The number of carbonyl (C=O) groups excluding carboxylic acids is 1. The van der Waals surface area contributed by atoms with Crippen molar-refractivity contribution >= 4 is 11.6 Å². The number of nitrogens with two attached hydrogens (primary N) is 1. The van der Waals surface area contributed by atoms with Crippen LogP contribution in [0.25, 0.3) is 0 Å². The van der Waals surface area contributed by atoms with E-state index in [0.29, 0.717) is 18.2 Å². The zero-order chi connectivity index (χ0) is 13.0. The summed E-state index contributed by atoms with van der Waals surface area (Å²) in [6.07, 6.45) is 6.66. The highest BCUT2D eigenvalue weighted by Gasteiger charge is 2.19. The molecule has 100 valence electrons. The lowest BCUT2D eigenvalue weighted by molar-refractivity contribution is -0.122. The van der Waals surface area contributed by atoms with Crippen LogP contribution in [0.1, 0.15) is 25.7 Å². The first kappa shape index (κ1) is 12.9. The molecule has 4 N–H and O–H groups in total. The van der Waals surface area contributed by atoms with Gasteiger partial charge in [-0.05, 0) is 31.6 Å². The summed E-state index contributed by atoms with van der Waals surface area (Å²) in [6.45, 7) is 0.884. The molecule has 1 fully saturated rings. The Morgan fingerprint density at radius 1 is 1.50 bits per heavy atom. The summed E-state index contributed by atoms with van der Waals surface area (Å²) in [5.74, 6) is 0.435. The van der Waals surface area contributed by atoms with E-state index in [2.05, 4.69) is 10.4 Å². The minimum Gasteiger partial charge on any atom is -0.396 e. The Labute approximate surface area is 106 Å². The lowest BCUT2D eigenvalue weighted by Gasteiger charge is -2.25. The Bertz CT molecular complexity index is 397. The summed E-state index contributed by atoms with van der Waals surface area (Å²) in [6, 6.07) is 0. The molecule has 2 rings (SSSR count). The van der Waals surface area contributed by atoms with E-state index in [-0.39, 0.29) is 18.6 Å². The molecule has 1 amide bonds. The largest absolute Gasteiger partial charge is 0.396 e. The minimum absolute atomic E-state index is 0.0516. The van der Waals surface area contributed by atoms with E-state index in [0.717, 1.165) is 25.7 Å². The summed E-state index contributed by atoms with van der Waals surface area (Å²) < 4.78 is 1.52. The molecule has 0 aromatic carbocycles. The number of aliphatic hydroxyl groups is 1. The number of nitrogen functional groups attached to an aromatic ring is 1. The summed E-state index contributed by atoms with van der Waals surface area (Å²) >= 11 is 0. The van der Waals surface area contributed by atoms with Gasteiger partial charge < -0.3 is 16.2 Å². The number of aromatic nitrogens is 2. The van der Waals surface area contributed by atoms with Gasteiger partial charge in [0.1, 0.15) is 6.54 Å². The van der Waals surface area contributed by atoms with Crippen LogP contribution in [0.5, 0.6) is 0 Å². The zero-order valence-corrected chi connectivity index (χ0v) is 10.4. The number of aliphatic hydroxyl groups excluding tert-OH is 1. The van der Waals surface area contributed by atoms with Gasteiger partial charge in [-0.15, -0.1) is 0 Å². The number of rotatable bonds is 4. The first-order valence-electron chi connectivity index (χ1n) is 6.36. The van der Waals surface area contributed by atoms with Crippen LogP contribution in [0.15, 0.2) is 12.4 Å². The van der Waals surface area contributed by atoms with E-state index in [1.54, 1.807) is 6.20 Å². The first-order valence-corrected chi connectivity index (χ1v) is 6.36. The average molecular weight is 252 g/mol. The SMILES string of the molecule is Nc1cnn(CC(=O)NCC2CCC(O)CC2)c1. The van der Waals surface area contributed by atoms with Crippen molar-refractivity contribution in [1.29, 1.82) is 0 Å². The third kappa shape index (κ3) is 3.73. The molecule has 1 aromatic rings. The molecular formula is C12H20N4O2. The number of nitrogens with one attached hydrogen (secondary N) is 1. The van der Waals surface area contributed by atoms with Gasteiger partial charge in [0.15, 0.2) is 0 Å². The van der Waals surface area contributed by atoms with Crippen molar-refractivity contribution in [2.24, 2.45) is 5.92 Å². The number of nitrogens with zero attached hydrogens (tertiary/aromatic N) is 2. The molecule has 18 heavy (non-hydrogen) atoms. The van der Waals surface area contributed by atoms with Gasteiger partial charge >= 0.3 is 0 Å². The molecule has 6 heteroatoms. The highest BCUT2D eigenvalue weighted by Crippen LogP contribution is 2.23. The zero-order valence-electron chi connectivity index (χ0n) is 10.4. The van der Waals surface area contributed by atoms with E-state index in [1.165, 1.54) is 10.9 Å². The summed E-state index contributed by atoms with van der Waals surface area (Å²) in [5, 5.41) is 16.3. The smallest absolute Gasteiger partial charge is 0.241 e. The second kappa shape index (κ2) is 5.86. The molecule has 1 aliphatic carbocycles. The first-order chi connectivity index (χ1) is 8.63. The summed E-state index contributed by atoms with van der Waals surface area (Å²) in [7, 11) is 0. The fourth-order valence-electron chi connectivity index (χ4n) is 2.28. The van der Waals surface area contributed by atoms with E-state index in [1.807, 2.05) is 0 Å². The standard InChI is InChI=1S/C12H20N4O2/c13-10-6-15-16(7-10)8-12(18)14-5-9-1-3-11(17)4-2-9/h6-7,9,11,17H,1-5,8,13H2,(H,14,18). The van der Waals surface area contributed by atoms with Crippen molar-refractivity contribution in [3.8, 4) is 0 Å². The molecule has 0 radical (unpaired) electrons. The molecule has 0 unspecified atom stereocenters. The normalized spacial score (nSPS) is 23.8. The van der Waals surface area contributed by atoms with Crippen LogP contribution in [-0.2, 0) is 11.3 Å². The van der Waals surface area contributed by atoms with Gasteiger partial charge in [-0.3, -0.25) is 9.48 Å². The lowest BCUT2D eigenvalue weighted by Crippen LogP contribution is -2.34. The number of amides is 1. The van der Waals surface area contributed by atoms with Crippen molar-refractivity contribution in [2.45, 2.75) is 38.3 Å². The minimum atomic E-state index is -0.149. The third-order valence-electron chi connectivity index (χ3n) is 3.36. The molecule has 1 heterocycles. The lowest BCUT2D eigenvalue weighted by atomic mass is 9.87. The molecule has 1 aromatic heterocycles. The van der Waals surface area contributed by atoms with Crippen LogP contribution in [0.3, 0.4) is 0 Å². The second-order valence-corrected chi connectivity index (χ2v) is 4.95. The number of carbonyl (C=O) groups is 1. The van der Waals surface area contributed by atoms with Crippen LogP contribution < -0.4 is 11.1 Å². The molecule has 1 saturated carbocycles.